The Labute approximate surface area is 211 Å². The second-order valence-electron chi connectivity index (χ2n) is 9.15. The third kappa shape index (κ3) is 4.36. The molecule has 3 saturated heterocycles. The van der Waals surface area contributed by atoms with Crippen molar-refractivity contribution in [3.05, 3.63) is 35.9 Å². The van der Waals surface area contributed by atoms with Gasteiger partial charge in [0.2, 0.25) is 21.8 Å². The molecule has 4 atom stereocenters. The fourth-order valence-corrected chi connectivity index (χ4v) is 6.96. The van der Waals surface area contributed by atoms with E-state index in [1.165, 1.54) is 16.7 Å². The molecule has 1 aromatic rings. The summed E-state index contributed by atoms with van der Waals surface area (Å²) in [6, 6.07) is 2.76. The number of β-lactam (4-membered cyclic amide) rings is 1. The second kappa shape index (κ2) is 8.96. The number of benzene rings is 1. The number of fused-ring (bicyclic) bond motifs is 1. The molecule has 194 valence electrons. The van der Waals surface area contributed by atoms with Gasteiger partial charge >= 0.3 is 18.0 Å². The van der Waals surface area contributed by atoms with Crippen LogP contribution in [0.1, 0.15) is 25.5 Å². The van der Waals surface area contributed by atoms with E-state index in [0.717, 1.165) is 6.26 Å². The zero-order valence-corrected chi connectivity index (χ0v) is 21.2. The van der Waals surface area contributed by atoms with Crippen LogP contribution in [0.15, 0.2) is 30.3 Å². The number of imide groups is 1. The summed E-state index contributed by atoms with van der Waals surface area (Å²) in [5, 5.41) is 14.0. The largest absolute Gasteiger partial charge is 0.480 e. The Morgan fingerprint density at radius 1 is 1.14 bits per heavy atom. The van der Waals surface area contributed by atoms with E-state index in [1.54, 1.807) is 44.2 Å². The maximum atomic E-state index is 13.3. The Bertz CT molecular complexity index is 1240. The summed E-state index contributed by atoms with van der Waals surface area (Å²) in [5.41, 5.74) is 0.362. The quantitative estimate of drug-likeness (QED) is 0.413. The molecule has 36 heavy (non-hydrogen) atoms. The first-order valence-electron chi connectivity index (χ1n) is 10.9. The van der Waals surface area contributed by atoms with Crippen molar-refractivity contribution in [3.8, 4) is 0 Å². The summed E-state index contributed by atoms with van der Waals surface area (Å²) >= 11 is 1.26. The standard InChI is InChI=1S/C21H25N5O8S2/c1-21(2)14(18(29)30)26-16(28)13(17(26)35-21)22-15(27)12(11-7-5-4-6-8-11)23-19(31)24-9-10-25(20(24)32)36(3,33)34/h4-8,12-14,17H,9-10H2,1-3H3,(H,22,27)(H,23,31)(H,29,30)/t12?,13?,14?,17-/m0/s1. The van der Waals surface area contributed by atoms with Crippen molar-refractivity contribution >= 4 is 51.6 Å². The molecular formula is C21H25N5O8S2. The van der Waals surface area contributed by atoms with E-state index in [9.17, 15) is 37.5 Å². The Balaban J connectivity index is 1.51. The number of hydrogen-bond donors (Lipinski definition) is 3. The fraction of sp³-hybridized carbons (Fsp3) is 0.476. The zero-order valence-electron chi connectivity index (χ0n) is 19.6. The lowest BCUT2D eigenvalue weighted by molar-refractivity contribution is -0.161. The topological polar surface area (TPSA) is 173 Å². The van der Waals surface area contributed by atoms with Crippen LogP contribution >= 0.6 is 11.8 Å². The van der Waals surface area contributed by atoms with Crippen molar-refractivity contribution in [2.24, 2.45) is 0 Å². The lowest BCUT2D eigenvalue weighted by Crippen LogP contribution is -2.71. The van der Waals surface area contributed by atoms with Crippen molar-refractivity contribution in [3.63, 3.8) is 0 Å². The van der Waals surface area contributed by atoms with Gasteiger partial charge < -0.3 is 20.6 Å². The van der Waals surface area contributed by atoms with Crippen molar-refractivity contribution in [1.82, 2.24) is 24.7 Å². The molecule has 0 aliphatic carbocycles. The third-order valence-electron chi connectivity index (χ3n) is 6.25. The molecule has 13 nitrogen and oxygen atoms in total. The number of thioether (sulfide) groups is 1. The molecule has 0 saturated carbocycles. The van der Waals surface area contributed by atoms with Crippen LogP contribution in [0.4, 0.5) is 9.59 Å². The number of amides is 6. The van der Waals surface area contributed by atoms with Gasteiger partial charge in [0.05, 0.1) is 19.3 Å². The van der Waals surface area contributed by atoms with Crippen LogP contribution in [-0.2, 0) is 24.4 Å². The molecule has 3 aliphatic heterocycles. The minimum Gasteiger partial charge on any atom is -0.480 e. The van der Waals surface area contributed by atoms with Crippen LogP contribution in [0.5, 0.6) is 0 Å². The number of carbonyl (C=O) groups is 5. The van der Waals surface area contributed by atoms with Crippen LogP contribution in [0.3, 0.4) is 0 Å². The van der Waals surface area contributed by atoms with Crippen molar-refractivity contribution in [2.75, 3.05) is 19.3 Å². The number of carbonyl (C=O) groups excluding carboxylic acids is 4. The maximum absolute atomic E-state index is 13.3. The van der Waals surface area contributed by atoms with Gasteiger partial charge in [0.25, 0.3) is 0 Å². The van der Waals surface area contributed by atoms with Gasteiger partial charge in [-0.25, -0.2) is 32.0 Å². The van der Waals surface area contributed by atoms with Crippen LogP contribution in [0.2, 0.25) is 0 Å². The highest BCUT2D eigenvalue weighted by molar-refractivity contribution is 8.01. The summed E-state index contributed by atoms with van der Waals surface area (Å²) in [5.74, 6) is -2.42. The molecule has 0 bridgehead atoms. The van der Waals surface area contributed by atoms with Crippen molar-refractivity contribution in [2.45, 2.75) is 42.1 Å². The molecule has 1 aromatic carbocycles. The van der Waals surface area contributed by atoms with E-state index < -0.39 is 68.1 Å². The number of carboxylic acid groups (broad SMARTS) is 1. The molecule has 3 N–H and O–H groups in total. The highest BCUT2D eigenvalue weighted by Gasteiger charge is 2.64. The van der Waals surface area contributed by atoms with Gasteiger partial charge in [-0.15, -0.1) is 11.8 Å². The van der Waals surface area contributed by atoms with E-state index in [0.29, 0.717) is 14.8 Å². The highest BCUT2D eigenvalue weighted by Crippen LogP contribution is 2.50. The summed E-state index contributed by atoms with van der Waals surface area (Å²) in [4.78, 5) is 65.0. The smallest absolute Gasteiger partial charge is 0.341 e. The maximum Gasteiger partial charge on any atom is 0.341 e. The SMILES string of the molecule is CC1(C)S[C@H]2C(NC(=O)C(NC(=O)N3CCN(S(C)(=O)=O)C3=O)c3ccccc3)C(=O)N2C1C(=O)O. The summed E-state index contributed by atoms with van der Waals surface area (Å²) in [6.07, 6.45) is 0.850. The molecule has 3 unspecified atom stereocenters. The Morgan fingerprint density at radius 2 is 1.78 bits per heavy atom. The van der Waals surface area contributed by atoms with Gasteiger partial charge in [-0.1, -0.05) is 30.3 Å². The number of urea groups is 2. The number of rotatable bonds is 6. The van der Waals surface area contributed by atoms with Crippen LogP contribution in [0, 0.1) is 0 Å². The van der Waals surface area contributed by atoms with Crippen molar-refractivity contribution in [1.29, 1.82) is 0 Å². The molecule has 3 aliphatic rings. The average molecular weight is 540 g/mol. The molecule has 4 rings (SSSR count). The van der Waals surface area contributed by atoms with Gasteiger partial charge in [0.15, 0.2) is 0 Å². The average Bonchev–Trinajstić information content (AvgIpc) is 3.31. The molecule has 3 heterocycles. The zero-order chi connectivity index (χ0) is 26.6. The van der Waals surface area contributed by atoms with E-state index in [2.05, 4.69) is 10.6 Å². The predicted molar refractivity (Wildman–Crippen MR) is 127 cm³/mol. The monoisotopic (exact) mass is 539 g/mol. The summed E-state index contributed by atoms with van der Waals surface area (Å²) < 4.78 is 23.3. The van der Waals surface area contributed by atoms with Crippen LogP contribution in [-0.4, -0.2) is 99.0 Å². The van der Waals surface area contributed by atoms with Crippen LogP contribution in [0.25, 0.3) is 0 Å². The van der Waals surface area contributed by atoms with Gasteiger partial charge in [0, 0.05) is 4.75 Å². The molecule has 0 radical (unpaired) electrons. The fourth-order valence-electron chi connectivity index (χ4n) is 4.54. The van der Waals surface area contributed by atoms with E-state index >= 15 is 0 Å². The first-order valence-corrected chi connectivity index (χ1v) is 13.6. The molecule has 6 amide bonds. The Kier molecular flexibility index (Phi) is 6.41. The number of nitrogens with zero attached hydrogens (tertiary/aromatic N) is 3. The van der Waals surface area contributed by atoms with Gasteiger partial charge in [-0.05, 0) is 19.4 Å². The van der Waals surface area contributed by atoms with Gasteiger partial charge in [-0.3, -0.25) is 9.59 Å². The minimum absolute atomic E-state index is 0.193. The number of aliphatic carboxylic acids is 1. The van der Waals surface area contributed by atoms with E-state index in [-0.39, 0.29) is 13.1 Å². The summed E-state index contributed by atoms with van der Waals surface area (Å²) in [6.45, 7) is 3.02. The summed E-state index contributed by atoms with van der Waals surface area (Å²) in [7, 11) is -3.87. The lowest BCUT2D eigenvalue weighted by Gasteiger charge is -2.44. The molecule has 0 aromatic heterocycles. The third-order valence-corrected chi connectivity index (χ3v) is 8.96. The van der Waals surface area contributed by atoms with E-state index in [1.807, 2.05) is 0 Å². The second-order valence-corrected chi connectivity index (χ2v) is 12.8. The first-order chi connectivity index (χ1) is 16.7. The molecule has 3 fully saturated rings. The predicted octanol–water partition coefficient (Wildman–Crippen LogP) is -0.234. The Morgan fingerprint density at radius 3 is 2.33 bits per heavy atom. The minimum atomic E-state index is -3.87. The highest BCUT2D eigenvalue weighted by atomic mass is 32.2. The lowest BCUT2D eigenvalue weighted by atomic mass is 9.95. The van der Waals surface area contributed by atoms with Gasteiger partial charge in [-0.2, -0.15) is 0 Å². The number of sulfonamides is 1. The molecule has 15 heteroatoms. The Hall–Kier alpha value is -3.33. The normalized spacial score (nSPS) is 25.8. The van der Waals surface area contributed by atoms with Crippen LogP contribution < -0.4 is 10.6 Å². The van der Waals surface area contributed by atoms with Crippen molar-refractivity contribution < 1.29 is 37.5 Å². The first kappa shape index (κ1) is 25.8. The molecule has 0 spiro atoms. The van der Waals surface area contributed by atoms with Gasteiger partial charge in [0.1, 0.15) is 23.5 Å². The number of carboxylic acids is 1. The number of nitrogens with one attached hydrogen (secondary N) is 2. The molecular weight excluding hydrogens is 514 g/mol. The number of hydrogen-bond acceptors (Lipinski definition) is 8. The van der Waals surface area contributed by atoms with E-state index in [4.69, 9.17) is 0 Å².